The predicted molar refractivity (Wildman–Crippen MR) is 88.5 cm³/mol. The van der Waals surface area contributed by atoms with Gasteiger partial charge in [-0.1, -0.05) is 20.3 Å². The first-order chi connectivity index (χ1) is 10.8. The molecule has 130 valence electrons. The molecule has 2 heterocycles. The molecule has 0 aromatic carbocycles. The molecule has 0 aliphatic carbocycles. The summed E-state index contributed by atoms with van der Waals surface area (Å²) in [5.41, 5.74) is 0.527. The number of carbonyl (C=O) groups is 1. The average Bonchev–Trinajstić information content (AvgIpc) is 2.94. The molecule has 1 fully saturated rings. The summed E-state index contributed by atoms with van der Waals surface area (Å²) in [6.07, 6.45) is 5.34. The maximum absolute atomic E-state index is 12.3. The van der Waals surface area contributed by atoms with Gasteiger partial charge in [-0.3, -0.25) is 9.48 Å². The van der Waals surface area contributed by atoms with Crippen LogP contribution < -0.4 is 5.32 Å². The Balaban J connectivity index is 1.85. The number of nitrogens with zero attached hydrogens (tertiary/aromatic N) is 3. The van der Waals surface area contributed by atoms with Gasteiger partial charge in [0.2, 0.25) is 10.0 Å². The number of carbonyl (C=O) groups excluding carboxylic acids is 1. The highest BCUT2D eigenvalue weighted by atomic mass is 32.2. The summed E-state index contributed by atoms with van der Waals surface area (Å²) in [6.45, 7) is 4.90. The minimum Gasteiger partial charge on any atom is -0.349 e. The third-order valence-electron chi connectivity index (χ3n) is 4.34. The smallest absolute Gasteiger partial charge is 0.254 e. The lowest BCUT2D eigenvalue weighted by molar-refractivity contribution is 0.0923. The lowest BCUT2D eigenvalue weighted by Gasteiger charge is -2.32. The van der Waals surface area contributed by atoms with Gasteiger partial charge in [-0.2, -0.15) is 5.10 Å². The third kappa shape index (κ3) is 4.78. The molecule has 2 rings (SSSR count). The van der Waals surface area contributed by atoms with E-state index < -0.39 is 10.0 Å². The van der Waals surface area contributed by atoms with E-state index in [9.17, 15) is 13.2 Å². The molecular formula is C15H26N4O3S. The topological polar surface area (TPSA) is 84.3 Å². The molecule has 23 heavy (non-hydrogen) atoms. The van der Waals surface area contributed by atoms with Gasteiger partial charge in [0.25, 0.3) is 5.91 Å². The summed E-state index contributed by atoms with van der Waals surface area (Å²) in [4.78, 5) is 12.1. The monoisotopic (exact) mass is 342 g/mol. The quantitative estimate of drug-likeness (QED) is 0.835. The molecule has 0 radical (unpaired) electrons. The van der Waals surface area contributed by atoms with Crippen LogP contribution in [0.2, 0.25) is 0 Å². The van der Waals surface area contributed by atoms with E-state index in [1.54, 1.807) is 22.2 Å². The SMILES string of the molecule is CCC(C)CS(=O)(=O)N1CCC(NC(=O)c2cnn(C)c2)CC1. The number of aromatic nitrogens is 2. The Morgan fingerprint density at radius 2 is 2.09 bits per heavy atom. The van der Waals surface area contributed by atoms with Gasteiger partial charge in [0.1, 0.15) is 0 Å². The number of hydrogen-bond donors (Lipinski definition) is 1. The zero-order chi connectivity index (χ0) is 17.0. The molecular weight excluding hydrogens is 316 g/mol. The van der Waals surface area contributed by atoms with E-state index in [1.165, 1.54) is 6.20 Å². The molecule has 1 aromatic rings. The van der Waals surface area contributed by atoms with Crippen LogP contribution in [0.4, 0.5) is 0 Å². The molecule has 8 heteroatoms. The van der Waals surface area contributed by atoms with E-state index in [-0.39, 0.29) is 23.6 Å². The molecule has 1 N–H and O–H groups in total. The number of aryl methyl sites for hydroxylation is 1. The highest BCUT2D eigenvalue weighted by molar-refractivity contribution is 7.89. The molecule has 1 saturated heterocycles. The highest BCUT2D eigenvalue weighted by Gasteiger charge is 2.29. The van der Waals surface area contributed by atoms with Crippen LogP contribution in [0.15, 0.2) is 12.4 Å². The molecule has 1 unspecified atom stereocenters. The summed E-state index contributed by atoms with van der Waals surface area (Å²) in [6, 6.07) is 0.0118. The summed E-state index contributed by atoms with van der Waals surface area (Å²) in [5.74, 6) is 0.220. The van der Waals surface area contributed by atoms with E-state index in [1.807, 2.05) is 13.8 Å². The van der Waals surface area contributed by atoms with Gasteiger partial charge < -0.3 is 5.32 Å². The Bertz CT molecular complexity index is 633. The van der Waals surface area contributed by atoms with Gasteiger partial charge in [0.15, 0.2) is 0 Å². The standard InChI is InChI=1S/C15H26N4O3S/c1-4-12(2)11-23(21,22)19-7-5-14(6-8-19)17-15(20)13-9-16-18(3)10-13/h9-10,12,14H,4-8,11H2,1-3H3,(H,17,20). The van der Waals surface area contributed by atoms with Gasteiger partial charge in [0, 0.05) is 32.4 Å². The van der Waals surface area contributed by atoms with Gasteiger partial charge >= 0.3 is 0 Å². The van der Waals surface area contributed by atoms with Crippen molar-refractivity contribution in [3.05, 3.63) is 18.0 Å². The molecule has 0 bridgehead atoms. The second-order valence-corrected chi connectivity index (χ2v) is 8.35. The molecule has 1 aliphatic heterocycles. The van der Waals surface area contributed by atoms with E-state index >= 15 is 0 Å². The maximum atomic E-state index is 12.3. The number of piperidine rings is 1. The Hall–Kier alpha value is -1.41. The molecule has 1 aromatic heterocycles. The molecule has 1 aliphatic rings. The minimum absolute atomic E-state index is 0.0118. The summed E-state index contributed by atoms with van der Waals surface area (Å²) in [7, 11) is -1.43. The van der Waals surface area contributed by atoms with E-state index in [0.717, 1.165) is 6.42 Å². The van der Waals surface area contributed by atoms with Crippen LogP contribution in [-0.4, -0.2) is 53.3 Å². The molecule has 0 saturated carbocycles. The average molecular weight is 342 g/mol. The Kier molecular flexibility index (Phi) is 5.80. The summed E-state index contributed by atoms with van der Waals surface area (Å²) >= 11 is 0. The fourth-order valence-corrected chi connectivity index (χ4v) is 4.60. The van der Waals surface area contributed by atoms with Crippen LogP contribution in [0, 0.1) is 5.92 Å². The van der Waals surface area contributed by atoms with Crippen LogP contribution in [0.3, 0.4) is 0 Å². The fourth-order valence-electron chi connectivity index (χ4n) is 2.67. The first kappa shape index (κ1) is 17.9. The van der Waals surface area contributed by atoms with Crippen molar-refractivity contribution >= 4 is 15.9 Å². The highest BCUT2D eigenvalue weighted by Crippen LogP contribution is 2.17. The largest absolute Gasteiger partial charge is 0.349 e. The zero-order valence-electron chi connectivity index (χ0n) is 14.0. The number of amides is 1. The van der Waals surface area contributed by atoms with E-state index in [2.05, 4.69) is 10.4 Å². The first-order valence-electron chi connectivity index (χ1n) is 8.09. The molecule has 1 amide bonds. The number of rotatable bonds is 6. The van der Waals surface area contributed by atoms with E-state index in [4.69, 9.17) is 0 Å². The number of sulfonamides is 1. The zero-order valence-corrected chi connectivity index (χ0v) is 14.8. The first-order valence-corrected chi connectivity index (χ1v) is 9.70. The number of nitrogens with one attached hydrogen (secondary N) is 1. The van der Waals surface area contributed by atoms with Crippen molar-refractivity contribution in [1.29, 1.82) is 0 Å². The number of hydrogen-bond acceptors (Lipinski definition) is 4. The second kappa shape index (κ2) is 7.44. The van der Waals surface area contributed by atoms with Crippen molar-refractivity contribution in [2.45, 2.75) is 39.2 Å². The Morgan fingerprint density at radius 1 is 1.43 bits per heavy atom. The second-order valence-electron chi connectivity index (χ2n) is 6.34. The summed E-state index contributed by atoms with van der Waals surface area (Å²) in [5, 5.41) is 6.94. The third-order valence-corrected chi connectivity index (χ3v) is 6.48. The van der Waals surface area contributed by atoms with E-state index in [0.29, 0.717) is 31.5 Å². The van der Waals surface area contributed by atoms with Crippen molar-refractivity contribution < 1.29 is 13.2 Å². The van der Waals surface area contributed by atoms with Crippen molar-refractivity contribution in [2.24, 2.45) is 13.0 Å². The molecule has 7 nitrogen and oxygen atoms in total. The Morgan fingerprint density at radius 3 is 2.61 bits per heavy atom. The maximum Gasteiger partial charge on any atom is 0.254 e. The fraction of sp³-hybridized carbons (Fsp3) is 0.733. The minimum atomic E-state index is -3.19. The lowest BCUT2D eigenvalue weighted by atomic mass is 10.1. The van der Waals surface area contributed by atoms with Crippen molar-refractivity contribution in [3.8, 4) is 0 Å². The van der Waals surface area contributed by atoms with Gasteiger partial charge in [-0.15, -0.1) is 0 Å². The molecule has 1 atom stereocenters. The van der Waals surface area contributed by atoms with Crippen LogP contribution in [-0.2, 0) is 17.1 Å². The van der Waals surface area contributed by atoms with Gasteiger partial charge in [-0.25, -0.2) is 12.7 Å². The van der Waals surface area contributed by atoms with Crippen LogP contribution >= 0.6 is 0 Å². The predicted octanol–water partition coefficient (Wildman–Crippen LogP) is 0.990. The van der Waals surface area contributed by atoms with Crippen LogP contribution in [0.1, 0.15) is 43.5 Å². The lowest BCUT2D eigenvalue weighted by Crippen LogP contribution is -2.47. The Labute approximate surface area is 138 Å². The van der Waals surface area contributed by atoms with Gasteiger partial charge in [-0.05, 0) is 18.8 Å². The van der Waals surface area contributed by atoms with Crippen LogP contribution in [0.5, 0.6) is 0 Å². The van der Waals surface area contributed by atoms with Crippen molar-refractivity contribution in [2.75, 3.05) is 18.8 Å². The summed E-state index contributed by atoms with van der Waals surface area (Å²) < 4.78 is 27.8. The van der Waals surface area contributed by atoms with Crippen molar-refractivity contribution in [3.63, 3.8) is 0 Å². The van der Waals surface area contributed by atoms with Gasteiger partial charge in [0.05, 0.1) is 17.5 Å². The van der Waals surface area contributed by atoms with Crippen molar-refractivity contribution in [1.82, 2.24) is 19.4 Å². The van der Waals surface area contributed by atoms with Crippen LogP contribution in [0.25, 0.3) is 0 Å². The molecule has 0 spiro atoms. The normalized spacial score (nSPS) is 18.7.